The zero-order chi connectivity index (χ0) is 18.1. The number of carbonyl (C=O) groups excluding carboxylic acids is 1. The highest BCUT2D eigenvalue weighted by molar-refractivity contribution is 7.20. The molecule has 1 N–H and O–H groups in total. The summed E-state index contributed by atoms with van der Waals surface area (Å²) in [5.41, 5.74) is 1.64. The molecule has 0 bridgehead atoms. The van der Waals surface area contributed by atoms with Crippen molar-refractivity contribution in [3.8, 4) is 11.3 Å². The van der Waals surface area contributed by atoms with Crippen LogP contribution in [0.25, 0.3) is 16.2 Å². The molecule has 1 aromatic carbocycles. The SMILES string of the molecule is CCNC(=O)N1CCN(c2nn3cc(-c4ccc(F)cc4)nc3s2)CC1. The monoisotopic (exact) mass is 374 g/mol. The van der Waals surface area contributed by atoms with Gasteiger partial charge in [-0.3, -0.25) is 0 Å². The molecule has 3 aromatic rings. The number of piperazine rings is 1. The topological polar surface area (TPSA) is 65.8 Å². The number of amides is 2. The van der Waals surface area contributed by atoms with E-state index in [1.807, 2.05) is 18.0 Å². The third-order valence-corrected chi connectivity index (χ3v) is 5.32. The largest absolute Gasteiger partial charge is 0.343 e. The highest BCUT2D eigenvalue weighted by Crippen LogP contribution is 2.27. The first-order valence-corrected chi connectivity index (χ1v) is 9.35. The standard InChI is InChI=1S/C17H19FN6OS/c1-2-19-15(25)22-7-9-23(10-8-22)17-21-24-11-14(20-16(24)26-17)12-3-5-13(18)6-4-12/h3-6,11H,2,7-10H2,1H3,(H,19,25). The van der Waals surface area contributed by atoms with Crippen molar-refractivity contribution in [1.82, 2.24) is 24.8 Å². The maximum absolute atomic E-state index is 13.1. The average molecular weight is 374 g/mol. The van der Waals surface area contributed by atoms with E-state index in [0.717, 1.165) is 34.4 Å². The van der Waals surface area contributed by atoms with Gasteiger partial charge in [0.05, 0.1) is 11.9 Å². The van der Waals surface area contributed by atoms with E-state index in [4.69, 9.17) is 0 Å². The first kappa shape index (κ1) is 16.8. The summed E-state index contributed by atoms with van der Waals surface area (Å²) < 4.78 is 14.8. The molecule has 3 heterocycles. The van der Waals surface area contributed by atoms with E-state index in [0.29, 0.717) is 19.6 Å². The molecule has 0 radical (unpaired) electrons. The molecule has 1 aliphatic heterocycles. The quantitative estimate of drug-likeness (QED) is 0.765. The first-order valence-electron chi connectivity index (χ1n) is 8.54. The molecule has 9 heteroatoms. The molecule has 0 spiro atoms. The minimum atomic E-state index is -0.262. The van der Waals surface area contributed by atoms with Gasteiger partial charge < -0.3 is 15.1 Å². The van der Waals surface area contributed by atoms with Crippen LogP contribution in [-0.4, -0.2) is 58.3 Å². The molecule has 0 aliphatic carbocycles. The van der Waals surface area contributed by atoms with Crippen molar-refractivity contribution in [3.63, 3.8) is 0 Å². The Morgan fingerprint density at radius 3 is 2.62 bits per heavy atom. The summed E-state index contributed by atoms with van der Waals surface area (Å²) in [5.74, 6) is -0.262. The van der Waals surface area contributed by atoms with Gasteiger partial charge in [-0.1, -0.05) is 11.3 Å². The van der Waals surface area contributed by atoms with E-state index in [-0.39, 0.29) is 11.8 Å². The van der Waals surface area contributed by atoms with Crippen LogP contribution in [0.4, 0.5) is 14.3 Å². The van der Waals surface area contributed by atoms with Crippen LogP contribution < -0.4 is 10.2 Å². The van der Waals surface area contributed by atoms with Crippen molar-refractivity contribution in [2.75, 3.05) is 37.6 Å². The Labute approximate surface area is 154 Å². The van der Waals surface area contributed by atoms with Gasteiger partial charge in [0.15, 0.2) is 0 Å². The fraction of sp³-hybridized carbons (Fsp3) is 0.353. The van der Waals surface area contributed by atoms with Gasteiger partial charge >= 0.3 is 6.03 Å². The number of carbonyl (C=O) groups is 1. The fourth-order valence-electron chi connectivity index (χ4n) is 2.94. The van der Waals surface area contributed by atoms with Crippen LogP contribution in [0.1, 0.15) is 6.92 Å². The predicted molar refractivity (Wildman–Crippen MR) is 99.1 cm³/mol. The fourth-order valence-corrected chi connectivity index (χ4v) is 3.88. The van der Waals surface area contributed by atoms with E-state index in [2.05, 4.69) is 20.3 Å². The van der Waals surface area contributed by atoms with Gasteiger partial charge in [-0.2, -0.15) is 0 Å². The van der Waals surface area contributed by atoms with Crippen molar-refractivity contribution >= 4 is 27.5 Å². The maximum atomic E-state index is 13.1. The molecule has 1 fully saturated rings. The number of benzene rings is 1. The average Bonchev–Trinajstić information content (AvgIpc) is 3.22. The number of nitrogens with one attached hydrogen (secondary N) is 1. The second-order valence-corrected chi connectivity index (χ2v) is 6.99. The smallest absolute Gasteiger partial charge is 0.317 e. The predicted octanol–water partition coefficient (Wildman–Crippen LogP) is 2.45. The molecular formula is C17H19FN6OS. The van der Waals surface area contributed by atoms with Crippen LogP contribution in [-0.2, 0) is 0 Å². The Kier molecular flexibility index (Phi) is 4.46. The minimum Gasteiger partial charge on any atom is -0.343 e. The summed E-state index contributed by atoms with van der Waals surface area (Å²) in [6, 6.07) is 6.27. The molecule has 1 saturated heterocycles. The van der Waals surface area contributed by atoms with Gasteiger partial charge in [-0.15, -0.1) is 5.10 Å². The zero-order valence-corrected chi connectivity index (χ0v) is 15.2. The maximum Gasteiger partial charge on any atom is 0.317 e. The summed E-state index contributed by atoms with van der Waals surface area (Å²) in [6.07, 6.45) is 1.85. The van der Waals surface area contributed by atoms with Gasteiger partial charge in [0.2, 0.25) is 10.1 Å². The molecule has 4 rings (SSSR count). The Hall–Kier alpha value is -2.68. The van der Waals surface area contributed by atoms with Crippen LogP contribution in [0.2, 0.25) is 0 Å². The summed E-state index contributed by atoms with van der Waals surface area (Å²) >= 11 is 1.52. The Morgan fingerprint density at radius 2 is 1.96 bits per heavy atom. The number of rotatable bonds is 3. The Bertz CT molecular complexity index is 882. The minimum absolute atomic E-state index is 0.00923. The second-order valence-electron chi connectivity index (χ2n) is 6.05. The number of imidazole rings is 1. The van der Waals surface area contributed by atoms with E-state index >= 15 is 0 Å². The van der Waals surface area contributed by atoms with Crippen molar-refractivity contribution < 1.29 is 9.18 Å². The zero-order valence-electron chi connectivity index (χ0n) is 14.4. The molecule has 0 atom stereocenters. The Balaban J connectivity index is 1.46. The number of aromatic nitrogens is 3. The molecule has 26 heavy (non-hydrogen) atoms. The molecule has 136 valence electrons. The van der Waals surface area contributed by atoms with Crippen LogP contribution in [0.15, 0.2) is 30.5 Å². The molecule has 0 unspecified atom stereocenters. The number of anilines is 1. The summed E-state index contributed by atoms with van der Waals surface area (Å²) in [7, 11) is 0. The molecular weight excluding hydrogens is 355 g/mol. The lowest BCUT2D eigenvalue weighted by atomic mass is 10.2. The van der Waals surface area contributed by atoms with Crippen molar-refractivity contribution in [1.29, 1.82) is 0 Å². The van der Waals surface area contributed by atoms with Crippen LogP contribution in [0.3, 0.4) is 0 Å². The molecule has 7 nitrogen and oxygen atoms in total. The highest BCUT2D eigenvalue weighted by Gasteiger charge is 2.23. The van der Waals surface area contributed by atoms with Crippen molar-refractivity contribution in [2.45, 2.75) is 6.92 Å². The van der Waals surface area contributed by atoms with E-state index in [1.54, 1.807) is 16.6 Å². The first-order chi connectivity index (χ1) is 12.6. The van der Waals surface area contributed by atoms with Crippen molar-refractivity contribution in [2.24, 2.45) is 0 Å². The normalized spacial score (nSPS) is 14.8. The van der Waals surface area contributed by atoms with Gasteiger partial charge in [-0.05, 0) is 31.2 Å². The van der Waals surface area contributed by atoms with E-state index in [1.165, 1.54) is 23.5 Å². The third kappa shape index (κ3) is 3.22. The summed E-state index contributed by atoms with van der Waals surface area (Å²) in [6.45, 7) is 5.40. The second kappa shape index (κ2) is 6.91. The summed E-state index contributed by atoms with van der Waals surface area (Å²) in [5, 5.41) is 8.34. The molecule has 1 aliphatic rings. The number of nitrogens with zero attached hydrogens (tertiary/aromatic N) is 5. The lowest BCUT2D eigenvalue weighted by Gasteiger charge is -2.34. The van der Waals surface area contributed by atoms with Gasteiger partial charge in [0.1, 0.15) is 5.82 Å². The Morgan fingerprint density at radius 1 is 1.23 bits per heavy atom. The number of fused-ring (bicyclic) bond motifs is 1. The molecule has 2 aromatic heterocycles. The van der Waals surface area contributed by atoms with Gasteiger partial charge in [-0.25, -0.2) is 18.7 Å². The van der Waals surface area contributed by atoms with Crippen LogP contribution in [0, 0.1) is 5.82 Å². The summed E-state index contributed by atoms with van der Waals surface area (Å²) in [4.78, 5) is 21.3. The number of urea groups is 1. The van der Waals surface area contributed by atoms with Gasteiger partial charge in [0, 0.05) is 38.3 Å². The van der Waals surface area contributed by atoms with E-state index < -0.39 is 0 Å². The third-order valence-electron chi connectivity index (χ3n) is 4.34. The highest BCUT2D eigenvalue weighted by atomic mass is 32.1. The number of halogens is 1. The van der Waals surface area contributed by atoms with Crippen LogP contribution >= 0.6 is 11.3 Å². The lowest BCUT2D eigenvalue weighted by molar-refractivity contribution is 0.195. The molecule has 0 saturated carbocycles. The molecule has 2 amide bonds. The van der Waals surface area contributed by atoms with Crippen molar-refractivity contribution in [3.05, 3.63) is 36.3 Å². The van der Waals surface area contributed by atoms with Crippen LogP contribution in [0.5, 0.6) is 0 Å². The van der Waals surface area contributed by atoms with Gasteiger partial charge in [0.25, 0.3) is 0 Å². The number of hydrogen-bond donors (Lipinski definition) is 1. The number of hydrogen-bond acceptors (Lipinski definition) is 5. The van der Waals surface area contributed by atoms with E-state index in [9.17, 15) is 9.18 Å². The lowest BCUT2D eigenvalue weighted by Crippen LogP contribution is -2.51.